The van der Waals surface area contributed by atoms with Crippen molar-refractivity contribution in [3.63, 3.8) is 0 Å². The predicted octanol–water partition coefficient (Wildman–Crippen LogP) is 3.41. The first-order valence-corrected chi connectivity index (χ1v) is 8.79. The largest absolute Gasteiger partial charge is 0.506 e. The Labute approximate surface area is 135 Å². The predicted molar refractivity (Wildman–Crippen MR) is 86.4 cm³/mol. The van der Waals surface area contributed by atoms with Crippen molar-refractivity contribution in [1.29, 1.82) is 5.26 Å². The number of aliphatic hydroxyl groups is 1. The van der Waals surface area contributed by atoms with Gasteiger partial charge in [0.05, 0.1) is 27.9 Å². The van der Waals surface area contributed by atoms with Crippen LogP contribution in [0.25, 0.3) is 5.76 Å². The summed E-state index contributed by atoms with van der Waals surface area (Å²) in [6.07, 6.45) is 0. The van der Waals surface area contributed by atoms with Gasteiger partial charge in [-0.2, -0.15) is 5.26 Å². The first-order chi connectivity index (χ1) is 10.9. The average molecular weight is 341 g/mol. The molecule has 0 saturated carbocycles. The minimum atomic E-state index is -3.43. The monoisotopic (exact) mass is 341 g/mol. The number of rotatable bonds is 7. The molecule has 1 rings (SSSR count). The molecule has 1 unspecified atom stereocenters. The lowest BCUT2D eigenvalue weighted by Gasteiger charge is -2.16. The van der Waals surface area contributed by atoms with Crippen molar-refractivity contribution >= 4 is 13.1 Å². The Morgan fingerprint density at radius 1 is 1.22 bits per heavy atom. The van der Waals surface area contributed by atoms with Crippen LogP contribution in [0.2, 0.25) is 0 Å². The maximum atomic E-state index is 12.4. The molecule has 8 heteroatoms. The molecule has 0 radical (unpaired) electrons. The highest BCUT2D eigenvalue weighted by Gasteiger charge is 2.28. The van der Waals surface area contributed by atoms with Crippen LogP contribution < -0.4 is 14.2 Å². The van der Waals surface area contributed by atoms with Crippen molar-refractivity contribution in [2.75, 3.05) is 34.6 Å². The quantitative estimate of drug-likeness (QED) is 0.461. The Morgan fingerprint density at radius 3 is 2.09 bits per heavy atom. The molecule has 0 aromatic heterocycles. The van der Waals surface area contributed by atoms with Crippen LogP contribution in [0.3, 0.4) is 0 Å². The zero-order valence-corrected chi connectivity index (χ0v) is 14.6. The van der Waals surface area contributed by atoms with E-state index in [-0.39, 0.29) is 17.5 Å². The summed E-state index contributed by atoms with van der Waals surface area (Å²) in [6.45, 7) is 3.09. The Bertz CT molecular complexity index is 667. The van der Waals surface area contributed by atoms with Crippen LogP contribution in [0.5, 0.6) is 17.2 Å². The lowest BCUT2D eigenvalue weighted by molar-refractivity contribution is 0.324. The molecule has 126 valence electrons. The van der Waals surface area contributed by atoms with E-state index in [0.29, 0.717) is 17.2 Å². The number of methoxy groups -OCH3 is 3. The molecule has 0 aliphatic heterocycles. The van der Waals surface area contributed by atoms with E-state index < -0.39 is 13.1 Å². The van der Waals surface area contributed by atoms with E-state index in [9.17, 15) is 14.9 Å². The number of ether oxygens (including phenoxy) is 3. The summed E-state index contributed by atoms with van der Waals surface area (Å²) in [7, 11) is 0.873. The second kappa shape index (κ2) is 7.91. The number of nitrogens with zero attached hydrogens (tertiary/aromatic N) is 1. The minimum absolute atomic E-state index is 0.154. The van der Waals surface area contributed by atoms with Crippen molar-refractivity contribution in [2.45, 2.75) is 6.92 Å². The highest BCUT2D eigenvalue weighted by molar-refractivity contribution is 7.63. The van der Waals surface area contributed by atoms with E-state index in [1.165, 1.54) is 40.1 Å². The van der Waals surface area contributed by atoms with Gasteiger partial charge in [-0.1, -0.05) is 0 Å². The molecule has 1 aromatic carbocycles. The molecule has 23 heavy (non-hydrogen) atoms. The van der Waals surface area contributed by atoms with Crippen molar-refractivity contribution in [1.82, 2.24) is 0 Å². The number of allylic oxidation sites excluding steroid dienone is 1. The zero-order valence-electron chi connectivity index (χ0n) is 13.7. The number of aliphatic hydroxyl groups excluding tert-OH is 1. The first-order valence-electron chi connectivity index (χ1n) is 6.72. The molecule has 0 aliphatic rings. The van der Waals surface area contributed by atoms with Gasteiger partial charge in [0.2, 0.25) is 13.1 Å². The number of hydrogen-bond acceptors (Lipinski definition) is 7. The molecule has 0 saturated heterocycles. The SMILES string of the molecule is CCOP(C)(=O)/C(C#N)=C(/O)c1cc(OC)c(OC)c(OC)c1. The number of hydrogen-bond donors (Lipinski definition) is 1. The van der Waals surface area contributed by atoms with Gasteiger partial charge in [0.1, 0.15) is 11.8 Å². The summed E-state index contributed by atoms with van der Waals surface area (Å²) in [4.78, 5) is 0. The van der Waals surface area contributed by atoms with Gasteiger partial charge in [0, 0.05) is 12.2 Å². The summed E-state index contributed by atoms with van der Waals surface area (Å²) in [5, 5.41) is 19.3. The Balaban J connectivity index is 3.59. The van der Waals surface area contributed by atoms with Gasteiger partial charge < -0.3 is 23.8 Å². The highest BCUT2D eigenvalue weighted by Crippen LogP contribution is 2.53. The summed E-state index contributed by atoms with van der Waals surface area (Å²) in [6, 6.07) is 4.67. The summed E-state index contributed by atoms with van der Waals surface area (Å²) < 4.78 is 33.1. The molecule has 1 N–H and O–H groups in total. The van der Waals surface area contributed by atoms with Gasteiger partial charge in [-0.3, -0.25) is 4.57 Å². The molecule has 0 heterocycles. The number of benzene rings is 1. The van der Waals surface area contributed by atoms with Crippen LogP contribution in [0.1, 0.15) is 12.5 Å². The standard InChI is InChI=1S/C15H20NO6P/c1-6-22-23(5,18)13(9-16)14(17)10-7-11(19-2)15(21-4)12(8-10)20-3/h7-8,17H,6H2,1-5H3/b14-13+. The van der Waals surface area contributed by atoms with Gasteiger partial charge >= 0.3 is 0 Å². The lowest BCUT2D eigenvalue weighted by Crippen LogP contribution is -1.99. The van der Waals surface area contributed by atoms with E-state index in [1.54, 1.807) is 13.0 Å². The van der Waals surface area contributed by atoms with E-state index >= 15 is 0 Å². The maximum absolute atomic E-state index is 12.4. The summed E-state index contributed by atoms with van der Waals surface area (Å²) >= 11 is 0. The van der Waals surface area contributed by atoms with Crippen molar-refractivity contribution in [2.24, 2.45) is 0 Å². The molecular formula is C15H20NO6P. The second-order valence-electron chi connectivity index (χ2n) is 4.49. The zero-order chi connectivity index (χ0) is 17.6. The fourth-order valence-electron chi connectivity index (χ4n) is 2.00. The Kier molecular flexibility index (Phi) is 6.49. The first kappa shape index (κ1) is 18.9. The van der Waals surface area contributed by atoms with E-state index in [4.69, 9.17) is 18.7 Å². The molecule has 0 fully saturated rings. The Morgan fingerprint density at radius 2 is 1.74 bits per heavy atom. The van der Waals surface area contributed by atoms with Crippen LogP contribution in [0, 0.1) is 11.3 Å². The third-order valence-electron chi connectivity index (χ3n) is 3.05. The van der Waals surface area contributed by atoms with Crippen molar-refractivity contribution in [3.8, 4) is 23.3 Å². The average Bonchev–Trinajstić information content (AvgIpc) is 2.53. The van der Waals surface area contributed by atoms with Gasteiger partial charge in [-0.25, -0.2) is 0 Å². The maximum Gasteiger partial charge on any atom is 0.243 e. The summed E-state index contributed by atoms with van der Waals surface area (Å²) in [5.74, 6) is 0.488. The van der Waals surface area contributed by atoms with E-state index in [2.05, 4.69) is 0 Å². The minimum Gasteiger partial charge on any atom is -0.506 e. The Hall–Kier alpha value is -2.16. The van der Waals surface area contributed by atoms with Crippen LogP contribution in [0.4, 0.5) is 0 Å². The molecule has 1 aromatic rings. The second-order valence-corrected chi connectivity index (χ2v) is 6.88. The molecular weight excluding hydrogens is 321 g/mol. The van der Waals surface area contributed by atoms with Crippen LogP contribution in [0.15, 0.2) is 17.4 Å². The van der Waals surface area contributed by atoms with E-state index in [1.807, 2.05) is 0 Å². The van der Waals surface area contributed by atoms with Gasteiger partial charge in [-0.05, 0) is 19.1 Å². The van der Waals surface area contributed by atoms with Gasteiger partial charge in [-0.15, -0.1) is 0 Å². The van der Waals surface area contributed by atoms with Crippen molar-refractivity contribution < 1.29 is 28.4 Å². The summed E-state index contributed by atoms with van der Waals surface area (Å²) in [5.41, 5.74) is 0.206. The molecule has 7 nitrogen and oxygen atoms in total. The third kappa shape index (κ3) is 3.98. The van der Waals surface area contributed by atoms with Crippen molar-refractivity contribution in [3.05, 3.63) is 23.0 Å². The lowest BCUT2D eigenvalue weighted by atomic mass is 10.1. The fraction of sp³-hybridized carbons (Fsp3) is 0.400. The molecule has 0 aliphatic carbocycles. The molecule has 0 bridgehead atoms. The van der Waals surface area contributed by atoms with Crippen LogP contribution >= 0.6 is 7.37 Å². The van der Waals surface area contributed by atoms with Gasteiger partial charge in [0.15, 0.2) is 16.8 Å². The van der Waals surface area contributed by atoms with Gasteiger partial charge in [0.25, 0.3) is 0 Å². The number of nitriles is 1. The van der Waals surface area contributed by atoms with Crippen LogP contribution in [-0.2, 0) is 9.09 Å². The third-order valence-corrected chi connectivity index (χ3v) is 4.93. The molecule has 0 spiro atoms. The normalized spacial score (nSPS) is 14.3. The highest BCUT2D eigenvalue weighted by atomic mass is 31.2. The van der Waals surface area contributed by atoms with E-state index in [0.717, 1.165) is 0 Å². The topological polar surface area (TPSA) is 98.0 Å². The molecule has 0 amide bonds. The van der Waals surface area contributed by atoms with Crippen LogP contribution in [-0.4, -0.2) is 39.7 Å². The smallest absolute Gasteiger partial charge is 0.243 e. The fourth-order valence-corrected chi connectivity index (χ4v) is 3.32. The molecule has 1 atom stereocenters.